The average molecular weight is 291 g/mol. The molecule has 0 bridgehead atoms. The summed E-state index contributed by atoms with van der Waals surface area (Å²) < 4.78 is 6.24. The van der Waals surface area contributed by atoms with E-state index in [2.05, 4.69) is 23.2 Å². The van der Waals surface area contributed by atoms with Crippen molar-refractivity contribution in [1.82, 2.24) is 10.2 Å². The number of nitrogens with two attached hydrogens (primary N) is 1. The highest BCUT2D eigenvalue weighted by atomic mass is 32.2. The van der Waals surface area contributed by atoms with E-state index in [0.717, 1.165) is 48.1 Å². The van der Waals surface area contributed by atoms with Gasteiger partial charge in [-0.05, 0) is 43.6 Å². The van der Waals surface area contributed by atoms with Gasteiger partial charge in [0.05, 0.1) is 16.6 Å². The van der Waals surface area contributed by atoms with Gasteiger partial charge in [-0.2, -0.15) is 5.10 Å². The molecule has 2 atom stereocenters. The quantitative estimate of drug-likeness (QED) is 0.848. The first-order valence-corrected chi connectivity index (χ1v) is 8.27. The topological polar surface area (TPSA) is 63.9 Å². The molecule has 0 spiro atoms. The van der Waals surface area contributed by atoms with Gasteiger partial charge in [0.25, 0.3) is 0 Å². The van der Waals surface area contributed by atoms with Crippen LogP contribution < -0.4 is 10.5 Å². The van der Waals surface area contributed by atoms with Crippen molar-refractivity contribution in [2.75, 3.05) is 5.75 Å². The first-order valence-electron chi connectivity index (χ1n) is 7.29. The van der Waals surface area contributed by atoms with Crippen molar-refractivity contribution in [3.63, 3.8) is 0 Å². The molecule has 108 valence electrons. The van der Waals surface area contributed by atoms with Crippen LogP contribution >= 0.6 is 11.8 Å². The molecular weight excluding hydrogens is 270 g/mol. The van der Waals surface area contributed by atoms with Crippen molar-refractivity contribution in [3.05, 3.63) is 18.3 Å². The SMILES string of the molecule is CCSc1c(O[C@H]2CCC[C@H](N)C2)ccc2[nH]ncc12. The summed E-state index contributed by atoms with van der Waals surface area (Å²) >= 11 is 1.81. The molecule has 1 heterocycles. The Bertz CT molecular complexity index is 584. The molecule has 0 radical (unpaired) electrons. The van der Waals surface area contributed by atoms with Gasteiger partial charge in [0.15, 0.2) is 0 Å². The van der Waals surface area contributed by atoms with Crippen LogP contribution in [0.15, 0.2) is 23.2 Å². The summed E-state index contributed by atoms with van der Waals surface area (Å²) in [6, 6.07) is 4.38. The van der Waals surface area contributed by atoms with Gasteiger partial charge >= 0.3 is 0 Å². The number of ether oxygens (including phenoxy) is 1. The standard InChI is InChI=1S/C15H21N3OS/c1-2-20-15-12-9-17-18-13(12)6-7-14(15)19-11-5-3-4-10(16)8-11/h6-7,9-11H,2-5,8,16H2,1H3,(H,17,18)/t10-,11-/m0/s1. The number of fused-ring (bicyclic) bond motifs is 1. The summed E-state index contributed by atoms with van der Waals surface area (Å²) in [7, 11) is 0. The van der Waals surface area contributed by atoms with E-state index in [1.54, 1.807) is 0 Å². The van der Waals surface area contributed by atoms with Crippen LogP contribution in [0.5, 0.6) is 5.75 Å². The zero-order chi connectivity index (χ0) is 13.9. The molecular formula is C15H21N3OS. The summed E-state index contributed by atoms with van der Waals surface area (Å²) in [4.78, 5) is 1.19. The van der Waals surface area contributed by atoms with E-state index in [-0.39, 0.29) is 12.1 Å². The summed E-state index contributed by atoms with van der Waals surface area (Å²) in [5.41, 5.74) is 7.11. The Kier molecular flexibility index (Phi) is 4.17. The van der Waals surface area contributed by atoms with Crippen molar-refractivity contribution >= 4 is 22.7 Å². The summed E-state index contributed by atoms with van der Waals surface area (Å²) in [5.74, 6) is 2.00. The molecule has 1 aliphatic rings. The fraction of sp³-hybridized carbons (Fsp3) is 0.533. The lowest BCUT2D eigenvalue weighted by Crippen LogP contribution is -2.33. The lowest BCUT2D eigenvalue weighted by molar-refractivity contribution is 0.141. The average Bonchev–Trinajstić information content (AvgIpc) is 2.90. The van der Waals surface area contributed by atoms with Crippen LogP contribution in [0, 0.1) is 0 Å². The van der Waals surface area contributed by atoms with Crippen molar-refractivity contribution in [1.29, 1.82) is 0 Å². The van der Waals surface area contributed by atoms with E-state index in [1.165, 1.54) is 4.90 Å². The third kappa shape index (κ3) is 2.79. The summed E-state index contributed by atoms with van der Waals surface area (Å²) in [6.07, 6.45) is 6.48. The molecule has 2 aromatic rings. The van der Waals surface area contributed by atoms with Gasteiger partial charge in [-0.3, -0.25) is 5.10 Å². The van der Waals surface area contributed by atoms with E-state index in [0.29, 0.717) is 0 Å². The maximum absolute atomic E-state index is 6.24. The van der Waals surface area contributed by atoms with Crippen molar-refractivity contribution in [3.8, 4) is 5.75 Å². The summed E-state index contributed by atoms with van der Waals surface area (Å²) in [6.45, 7) is 2.16. The Labute approximate surface area is 123 Å². The molecule has 1 aliphatic carbocycles. The molecule has 3 N–H and O–H groups in total. The summed E-state index contributed by atoms with van der Waals surface area (Å²) in [5, 5.41) is 8.30. The Balaban J connectivity index is 1.87. The van der Waals surface area contributed by atoms with Gasteiger partial charge in [-0.15, -0.1) is 11.8 Å². The largest absolute Gasteiger partial charge is 0.489 e. The third-order valence-corrected chi connectivity index (χ3v) is 4.79. The highest BCUT2D eigenvalue weighted by Gasteiger charge is 2.22. The first kappa shape index (κ1) is 13.8. The van der Waals surface area contributed by atoms with E-state index in [1.807, 2.05) is 24.0 Å². The highest BCUT2D eigenvalue weighted by molar-refractivity contribution is 7.99. The van der Waals surface area contributed by atoms with E-state index < -0.39 is 0 Å². The maximum Gasteiger partial charge on any atom is 0.134 e. The molecule has 0 saturated heterocycles. The first-order chi connectivity index (χ1) is 9.78. The number of hydrogen-bond donors (Lipinski definition) is 2. The van der Waals surface area contributed by atoms with Gasteiger partial charge in [0.1, 0.15) is 11.9 Å². The Morgan fingerprint density at radius 3 is 3.15 bits per heavy atom. The predicted octanol–water partition coefficient (Wildman–Crippen LogP) is 3.32. The van der Waals surface area contributed by atoms with Crippen molar-refractivity contribution in [2.24, 2.45) is 5.73 Å². The maximum atomic E-state index is 6.24. The van der Waals surface area contributed by atoms with Crippen LogP contribution in [0.25, 0.3) is 10.9 Å². The number of H-pyrrole nitrogens is 1. The van der Waals surface area contributed by atoms with E-state index in [9.17, 15) is 0 Å². The van der Waals surface area contributed by atoms with Crippen LogP contribution in [0.1, 0.15) is 32.6 Å². The molecule has 20 heavy (non-hydrogen) atoms. The van der Waals surface area contributed by atoms with E-state index in [4.69, 9.17) is 10.5 Å². The van der Waals surface area contributed by atoms with Gasteiger partial charge < -0.3 is 10.5 Å². The fourth-order valence-electron chi connectivity index (χ4n) is 2.83. The van der Waals surface area contributed by atoms with Crippen LogP contribution in [-0.2, 0) is 0 Å². The monoisotopic (exact) mass is 291 g/mol. The van der Waals surface area contributed by atoms with Crippen LogP contribution in [-0.4, -0.2) is 28.1 Å². The number of benzene rings is 1. The minimum absolute atomic E-state index is 0.249. The molecule has 1 fully saturated rings. The molecule has 5 heteroatoms. The predicted molar refractivity (Wildman–Crippen MR) is 83.4 cm³/mol. The molecule has 0 unspecified atom stereocenters. The van der Waals surface area contributed by atoms with Gasteiger partial charge in [-0.25, -0.2) is 0 Å². The zero-order valence-electron chi connectivity index (χ0n) is 11.8. The zero-order valence-corrected chi connectivity index (χ0v) is 12.6. The molecule has 0 aliphatic heterocycles. The van der Waals surface area contributed by atoms with Crippen molar-refractivity contribution < 1.29 is 4.74 Å². The number of nitrogens with one attached hydrogen (secondary N) is 1. The highest BCUT2D eigenvalue weighted by Crippen LogP contribution is 2.37. The number of aromatic nitrogens is 2. The molecule has 4 nitrogen and oxygen atoms in total. The Morgan fingerprint density at radius 1 is 1.45 bits per heavy atom. The number of rotatable bonds is 4. The van der Waals surface area contributed by atoms with Crippen molar-refractivity contribution in [2.45, 2.75) is 49.6 Å². The Hall–Kier alpha value is -1.20. The number of aromatic amines is 1. The lowest BCUT2D eigenvalue weighted by Gasteiger charge is -2.28. The fourth-order valence-corrected chi connectivity index (χ4v) is 3.69. The van der Waals surface area contributed by atoms with Gasteiger partial charge in [-0.1, -0.05) is 6.92 Å². The second-order valence-corrected chi connectivity index (χ2v) is 6.60. The van der Waals surface area contributed by atoms with Gasteiger partial charge in [0, 0.05) is 11.4 Å². The normalized spacial score (nSPS) is 23.1. The molecule has 1 aromatic heterocycles. The molecule has 1 aromatic carbocycles. The second kappa shape index (κ2) is 6.06. The lowest BCUT2D eigenvalue weighted by atomic mass is 9.93. The number of thioether (sulfide) groups is 1. The second-order valence-electron chi connectivity index (χ2n) is 5.32. The number of hydrogen-bond acceptors (Lipinski definition) is 4. The van der Waals surface area contributed by atoms with Gasteiger partial charge in [0.2, 0.25) is 0 Å². The van der Waals surface area contributed by atoms with E-state index >= 15 is 0 Å². The van der Waals surface area contributed by atoms with Crippen LogP contribution in [0.2, 0.25) is 0 Å². The molecule has 0 amide bonds. The molecule has 3 rings (SSSR count). The minimum atomic E-state index is 0.249. The number of nitrogens with zero attached hydrogens (tertiary/aromatic N) is 1. The smallest absolute Gasteiger partial charge is 0.134 e. The minimum Gasteiger partial charge on any atom is -0.489 e. The van der Waals surface area contributed by atoms with Crippen LogP contribution in [0.4, 0.5) is 0 Å². The molecule has 1 saturated carbocycles. The van der Waals surface area contributed by atoms with Crippen LogP contribution in [0.3, 0.4) is 0 Å². The third-order valence-electron chi connectivity index (χ3n) is 3.79. The Morgan fingerprint density at radius 2 is 2.35 bits per heavy atom.